The van der Waals surface area contributed by atoms with Crippen LogP contribution in [0.1, 0.15) is 18.1 Å². The molecule has 0 aliphatic rings. The average molecular weight is 310 g/mol. The molecule has 0 aliphatic heterocycles. The van der Waals surface area contributed by atoms with E-state index in [1.165, 1.54) is 12.5 Å². The van der Waals surface area contributed by atoms with Crippen molar-refractivity contribution in [3.05, 3.63) is 65.7 Å². The molecule has 0 atom stereocenters. The number of benzene rings is 2. The van der Waals surface area contributed by atoms with E-state index >= 15 is 0 Å². The molecule has 0 spiro atoms. The van der Waals surface area contributed by atoms with Gasteiger partial charge < -0.3 is 10.2 Å². The number of nitrogens with one attached hydrogen (secondary N) is 1. The summed E-state index contributed by atoms with van der Waals surface area (Å²) < 4.78 is 0. The summed E-state index contributed by atoms with van der Waals surface area (Å²) in [7, 11) is 1.73. The summed E-state index contributed by atoms with van der Waals surface area (Å²) in [5.74, 6) is -0.00925. The van der Waals surface area contributed by atoms with Gasteiger partial charge in [0.15, 0.2) is 0 Å². The third kappa shape index (κ3) is 5.25. The fourth-order valence-corrected chi connectivity index (χ4v) is 2.26. The van der Waals surface area contributed by atoms with Gasteiger partial charge in [0.2, 0.25) is 11.8 Å². The standard InChI is InChI=1S/C19H22N2O2/c1-15(22)21(2)18-10-8-17(9-11-18)14-19(23)20-13-12-16-6-4-3-5-7-16/h3-11H,12-14H2,1-2H3,(H,20,23). The van der Waals surface area contributed by atoms with Crippen LogP contribution in [0.15, 0.2) is 54.6 Å². The first-order chi connectivity index (χ1) is 11.1. The van der Waals surface area contributed by atoms with E-state index < -0.39 is 0 Å². The Morgan fingerprint density at radius 1 is 0.957 bits per heavy atom. The fraction of sp³-hybridized carbons (Fsp3) is 0.263. The summed E-state index contributed by atoms with van der Waals surface area (Å²) in [5.41, 5.74) is 2.97. The van der Waals surface area contributed by atoms with Crippen molar-refractivity contribution in [3.63, 3.8) is 0 Å². The van der Waals surface area contributed by atoms with Gasteiger partial charge in [0, 0.05) is 26.2 Å². The average Bonchev–Trinajstić information content (AvgIpc) is 2.56. The van der Waals surface area contributed by atoms with Gasteiger partial charge in [-0.25, -0.2) is 0 Å². The van der Waals surface area contributed by atoms with Crippen LogP contribution in [0.2, 0.25) is 0 Å². The maximum atomic E-state index is 12.0. The molecule has 2 aromatic rings. The van der Waals surface area contributed by atoms with Crippen LogP contribution in [-0.2, 0) is 22.4 Å². The second-order valence-corrected chi connectivity index (χ2v) is 5.51. The molecule has 0 radical (unpaired) electrons. The van der Waals surface area contributed by atoms with Gasteiger partial charge in [0.05, 0.1) is 6.42 Å². The van der Waals surface area contributed by atoms with Crippen LogP contribution >= 0.6 is 0 Å². The number of rotatable bonds is 6. The molecule has 0 heterocycles. The molecule has 0 aromatic heterocycles. The highest BCUT2D eigenvalue weighted by atomic mass is 16.2. The second kappa shape index (κ2) is 8.13. The van der Waals surface area contributed by atoms with E-state index in [0.717, 1.165) is 17.7 Å². The van der Waals surface area contributed by atoms with Gasteiger partial charge in [-0.15, -0.1) is 0 Å². The molecule has 0 saturated carbocycles. The summed E-state index contributed by atoms with van der Waals surface area (Å²) in [4.78, 5) is 24.8. The van der Waals surface area contributed by atoms with Crippen molar-refractivity contribution in [1.29, 1.82) is 0 Å². The molecular formula is C19H22N2O2. The van der Waals surface area contributed by atoms with Gasteiger partial charge in [0.1, 0.15) is 0 Å². The molecule has 2 aromatic carbocycles. The molecule has 0 saturated heterocycles. The molecule has 2 amide bonds. The molecular weight excluding hydrogens is 288 g/mol. The van der Waals surface area contributed by atoms with Crippen molar-refractivity contribution in [2.45, 2.75) is 19.8 Å². The third-order valence-electron chi connectivity index (χ3n) is 3.74. The van der Waals surface area contributed by atoms with E-state index in [-0.39, 0.29) is 11.8 Å². The SMILES string of the molecule is CC(=O)N(C)c1ccc(CC(=O)NCCc2ccccc2)cc1. The van der Waals surface area contributed by atoms with Gasteiger partial charge in [-0.3, -0.25) is 9.59 Å². The van der Waals surface area contributed by atoms with E-state index in [1.807, 2.05) is 42.5 Å². The van der Waals surface area contributed by atoms with Crippen LogP contribution in [-0.4, -0.2) is 25.4 Å². The van der Waals surface area contributed by atoms with E-state index in [9.17, 15) is 9.59 Å². The van der Waals surface area contributed by atoms with Gasteiger partial charge in [-0.2, -0.15) is 0 Å². The van der Waals surface area contributed by atoms with Crippen LogP contribution in [0.5, 0.6) is 0 Å². The first-order valence-electron chi connectivity index (χ1n) is 7.70. The Bertz CT molecular complexity index is 651. The quantitative estimate of drug-likeness (QED) is 0.891. The minimum atomic E-state index is -0.0172. The lowest BCUT2D eigenvalue weighted by atomic mass is 10.1. The lowest BCUT2D eigenvalue weighted by Crippen LogP contribution is -2.27. The monoisotopic (exact) mass is 310 g/mol. The molecule has 2 rings (SSSR count). The van der Waals surface area contributed by atoms with Crippen molar-refractivity contribution < 1.29 is 9.59 Å². The predicted molar refractivity (Wildman–Crippen MR) is 92.4 cm³/mol. The number of hydrogen-bond acceptors (Lipinski definition) is 2. The number of hydrogen-bond donors (Lipinski definition) is 1. The molecule has 0 unspecified atom stereocenters. The van der Waals surface area contributed by atoms with E-state index in [2.05, 4.69) is 17.4 Å². The van der Waals surface area contributed by atoms with Gasteiger partial charge in [-0.05, 0) is 29.7 Å². The van der Waals surface area contributed by atoms with Crippen LogP contribution < -0.4 is 10.2 Å². The lowest BCUT2D eigenvalue weighted by molar-refractivity contribution is -0.120. The van der Waals surface area contributed by atoms with Crippen molar-refractivity contribution in [1.82, 2.24) is 5.32 Å². The van der Waals surface area contributed by atoms with Crippen LogP contribution in [0.25, 0.3) is 0 Å². The first-order valence-corrected chi connectivity index (χ1v) is 7.70. The zero-order valence-corrected chi connectivity index (χ0v) is 13.6. The van der Waals surface area contributed by atoms with E-state index in [4.69, 9.17) is 0 Å². The summed E-state index contributed by atoms with van der Waals surface area (Å²) in [6.45, 7) is 2.15. The van der Waals surface area contributed by atoms with Gasteiger partial charge in [0.25, 0.3) is 0 Å². The van der Waals surface area contributed by atoms with E-state index in [1.54, 1.807) is 11.9 Å². The Labute approximate surface area is 137 Å². The normalized spacial score (nSPS) is 10.2. The third-order valence-corrected chi connectivity index (χ3v) is 3.74. The maximum Gasteiger partial charge on any atom is 0.224 e. The number of nitrogens with zero attached hydrogens (tertiary/aromatic N) is 1. The maximum absolute atomic E-state index is 12.0. The topological polar surface area (TPSA) is 49.4 Å². The van der Waals surface area contributed by atoms with Crippen molar-refractivity contribution >= 4 is 17.5 Å². The Morgan fingerprint density at radius 3 is 2.22 bits per heavy atom. The Morgan fingerprint density at radius 2 is 1.61 bits per heavy atom. The Kier molecular flexibility index (Phi) is 5.92. The summed E-state index contributed by atoms with van der Waals surface area (Å²) in [6.07, 6.45) is 1.17. The molecule has 1 N–H and O–H groups in total. The van der Waals surface area contributed by atoms with Gasteiger partial charge >= 0.3 is 0 Å². The highest BCUT2D eigenvalue weighted by Gasteiger charge is 2.07. The summed E-state index contributed by atoms with van der Waals surface area (Å²) in [5, 5.41) is 2.93. The predicted octanol–water partition coefficient (Wildman–Crippen LogP) is 2.57. The van der Waals surface area contributed by atoms with Crippen LogP contribution in [0, 0.1) is 0 Å². The minimum Gasteiger partial charge on any atom is -0.355 e. The molecule has 4 nitrogen and oxygen atoms in total. The molecule has 0 bridgehead atoms. The number of carbonyl (C=O) groups excluding carboxylic acids is 2. The number of carbonyl (C=O) groups is 2. The molecule has 120 valence electrons. The highest BCUT2D eigenvalue weighted by molar-refractivity contribution is 5.90. The minimum absolute atomic E-state index is 0.00797. The fourth-order valence-electron chi connectivity index (χ4n) is 2.26. The molecule has 23 heavy (non-hydrogen) atoms. The van der Waals surface area contributed by atoms with Crippen LogP contribution in [0.3, 0.4) is 0 Å². The smallest absolute Gasteiger partial charge is 0.224 e. The van der Waals surface area contributed by atoms with Crippen molar-refractivity contribution in [2.24, 2.45) is 0 Å². The summed E-state index contributed by atoms with van der Waals surface area (Å²) >= 11 is 0. The number of anilines is 1. The second-order valence-electron chi connectivity index (χ2n) is 5.51. The van der Waals surface area contributed by atoms with Crippen LogP contribution in [0.4, 0.5) is 5.69 Å². The first kappa shape index (κ1) is 16.7. The Balaban J connectivity index is 1.80. The summed E-state index contributed by atoms with van der Waals surface area (Å²) in [6, 6.07) is 17.6. The zero-order chi connectivity index (χ0) is 16.7. The number of amides is 2. The van der Waals surface area contributed by atoms with Crippen molar-refractivity contribution in [3.8, 4) is 0 Å². The molecule has 4 heteroatoms. The molecule has 0 fully saturated rings. The largest absolute Gasteiger partial charge is 0.355 e. The molecule has 0 aliphatic carbocycles. The lowest BCUT2D eigenvalue weighted by Gasteiger charge is -2.15. The Hall–Kier alpha value is -2.62. The van der Waals surface area contributed by atoms with Crippen molar-refractivity contribution in [2.75, 3.05) is 18.5 Å². The highest BCUT2D eigenvalue weighted by Crippen LogP contribution is 2.14. The van der Waals surface area contributed by atoms with E-state index in [0.29, 0.717) is 13.0 Å². The van der Waals surface area contributed by atoms with Gasteiger partial charge in [-0.1, -0.05) is 42.5 Å². The zero-order valence-electron chi connectivity index (χ0n) is 13.6.